The molecular weight excluding hydrogens is 291 g/mol. The van der Waals surface area contributed by atoms with Crippen molar-refractivity contribution in [2.24, 2.45) is 0 Å². The monoisotopic (exact) mass is 301 g/mol. The van der Waals surface area contributed by atoms with Crippen LogP contribution in [0.4, 0.5) is 28.7 Å². The number of nitrogens with zero attached hydrogens (tertiary/aromatic N) is 1. The van der Waals surface area contributed by atoms with Gasteiger partial charge >= 0.3 is 12.2 Å². The highest BCUT2D eigenvalue weighted by atomic mass is 32.1. The van der Waals surface area contributed by atoms with E-state index in [9.17, 15) is 18.0 Å². The minimum Gasteiger partial charge on any atom is -0.308 e. The Balaban J connectivity index is 2.04. The van der Waals surface area contributed by atoms with Gasteiger partial charge in [-0.3, -0.25) is 5.32 Å². The summed E-state index contributed by atoms with van der Waals surface area (Å²) >= 11 is 1.09. The molecule has 20 heavy (non-hydrogen) atoms. The first-order valence-corrected chi connectivity index (χ1v) is 6.30. The zero-order valence-electron chi connectivity index (χ0n) is 10.3. The van der Waals surface area contributed by atoms with Crippen LogP contribution in [0.25, 0.3) is 0 Å². The molecule has 0 radical (unpaired) electrons. The molecule has 0 fully saturated rings. The molecule has 0 atom stereocenters. The summed E-state index contributed by atoms with van der Waals surface area (Å²) in [5.74, 6) is 0. The Bertz CT molecular complexity index is 624. The van der Waals surface area contributed by atoms with Gasteiger partial charge in [0.05, 0.1) is 11.3 Å². The summed E-state index contributed by atoms with van der Waals surface area (Å²) in [7, 11) is 0. The Morgan fingerprint density at radius 2 is 2.00 bits per heavy atom. The van der Waals surface area contributed by atoms with Crippen molar-refractivity contribution >= 4 is 28.3 Å². The molecule has 0 spiro atoms. The number of benzene rings is 1. The van der Waals surface area contributed by atoms with E-state index in [-0.39, 0.29) is 5.69 Å². The van der Waals surface area contributed by atoms with Crippen molar-refractivity contribution < 1.29 is 18.0 Å². The summed E-state index contributed by atoms with van der Waals surface area (Å²) in [6.07, 6.45) is -4.44. The first kappa shape index (κ1) is 14.3. The third kappa shape index (κ3) is 3.70. The minimum atomic E-state index is -4.44. The van der Waals surface area contributed by atoms with Gasteiger partial charge < -0.3 is 5.32 Å². The third-order valence-electron chi connectivity index (χ3n) is 2.31. The fraction of sp³-hybridized carbons (Fsp3) is 0.167. The predicted octanol–water partition coefficient (Wildman–Crippen LogP) is 4.11. The molecule has 0 unspecified atom stereocenters. The maximum absolute atomic E-state index is 12.5. The Kier molecular flexibility index (Phi) is 3.93. The number of nitrogens with one attached hydrogen (secondary N) is 2. The fourth-order valence-electron chi connectivity index (χ4n) is 1.47. The minimum absolute atomic E-state index is 0.0681. The largest absolute Gasteiger partial charge is 0.416 e. The van der Waals surface area contributed by atoms with Crippen LogP contribution in [0.1, 0.15) is 11.3 Å². The second-order valence-electron chi connectivity index (χ2n) is 3.99. The number of carbonyl (C=O) groups excluding carboxylic acids is 1. The lowest BCUT2D eigenvalue weighted by molar-refractivity contribution is -0.137. The molecular formula is C12H10F3N3OS. The van der Waals surface area contributed by atoms with E-state index >= 15 is 0 Å². The van der Waals surface area contributed by atoms with Crippen LogP contribution in [0.3, 0.4) is 0 Å². The van der Waals surface area contributed by atoms with Gasteiger partial charge in [0.25, 0.3) is 0 Å². The summed E-state index contributed by atoms with van der Waals surface area (Å²) in [4.78, 5) is 11.6. The van der Waals surface area contributed by atoms with Gasteiger partial charge in [0.1, 0.15) is 5.00 Å². The average Bonchev–Trinajstić information content (AvgIpc) is 2.73. The molecule has 0 aliphatic heterocycles. The number of aromatic nitrogens is 1. The molecule has 2 N–H and O–H groups in total. The Morgan fingerprint density at radius 3 is 2.60 bits per heavy atom. The first-order chi connectivity index (χ1) is 9.34. The van der Waals surface area contributed by atoms with Crippen molar-refractivity contribution in [2.45, 2.75) is 13.1 Å². The molecule has 0 aliphatic carbocycles. The molecule has 0 aliphatic rings. The maximum atomic E-state index is 12.5. The topological polar surface area (TPSA) is 54.0 Å². The second-order valence-corrected chi connectivity index (χ2v) is 4.80. The number of rotatable bonds is 2. The third-order valence-corrected chi connectivity index (χ3v) is 3.11. The summed E-state index contributed by atoms with van der Waals surface area (Å²) in [6.45, 7) is 1.77. The van der Waals surface area contributed by atoms with Crippen LogP contribution in [0.15, 0.2) is 30.3 Å². The van der Waals surface area contributed by atoms with Gasteiger partial charge in [-0.25, -0.2) is 4.79 Å². The van der Waals surface area contributed by atoms with Crippen LogP contribution >= 0.6 is 11.5 Å². The lowest BCUT2D eigenvalue weighted by Crippen LogP contribution is -2.19. The van der Waals surface area contributed by atoms with E-state index in [0.29, 0.717) is 5.00 Å². The molecule has 8 heteroatoms. The van der Waals surface area contributed by atoms with E-state index in [1.165, 1.54) is 12.1 Å². The van der Waals surface area contributed by atoms with Crippen molar-refractivity contribution in [1.29, 1.82) is 0 Å². The van der Waals surface area contributed by atoms with E-state index in [1.807, 2.05) is 0 Å². The molecule has 2 amide bonds. The predicted molar refractivity (Wildman–Crippen MR) is 70.9 cm³/mol. The van der Waals surface area contributed by atoms with Gasteiger partial charge in [-0.2, -0.15) is 17.5 Å². The summed E-state index contributed by atoms with van der Waals surface area (Å²) in [6, 6.07) is 5.47. The molecule has 1 aromatic carbocycles. The molecule has 2 aromatic rings. The number of urea groups is 1. The van der Waals surface area contributed by atoms with Crippen molar-refractivity contribution in [1.82, 2.24) is 4.37 Å². The van der Waals surface area contributed by atoms with Gasteiger partial charge in [0.2, 0.25) is 0 Å². The number of carbonyl (C=O) groups is 1. The molecule has 1 aromatic heterocycles. The van der Waals surface area contributed by atoms with Crippen LogP contribution in [0.5, 0.6) is 0 Å². The lowest BCUT2D eigenvalue weighted by atomic mass is 10.2. The number of alkyl halides is 3. The zero-order chi connectivity index (χ0) is 14.8. The second kappa shape index (κ2) is 5.49. The maximum Gasteiger partial charge on any atom is 0.416 e. The highest BCUT2D eigenvalue weighted by molar-refractivity contribution is 7.10. The Hall–Kier alpha value is -2.09. The summed E-state index contributed by atoms with van der Waals surface area (Å²) < 4.78 is 41.5. The van der Waals surface area contributed by atoms with Gasteiger partial charge in [-0.05, 0) is 42.7 Å². The number of anilines is 2. The van der Waals surface area contributed by atoms with Crippen LogP contribution in [0.2, 0.25) is 0 Å². The van der Waals surface area contributed by atoms with E-state index in [0.717, 1.165) is 29.4 Å². The summed E-state index contributed by atoms with van der Waals surface area (Å²) in [5, 5.41) is 5.36. The lowest BCUT2D eigenvalue weighted by Gasteiger charge is -2.09. The molecule has 4 nitrogen and oxygen atoms in total. The average molecular weight is 301 g/mol. The standard InChI is InChI=1S/C12H10F3N3OS/c1-7-5-10(20-18-7)17-11(19)16-9-4-2-3-8(6-9)12(13,14)15/h2-6H,1H3,(H2,16,17,19). The first-order valence-electron chi connectivity index (χ1n) is 5.53. The Labute approximate surface area is 116 Å². The number of hydrogen-bond acceptors (Lipinski definition) is 3. The van der Waals surface area contributed by atoms with Crippen LogP contribution < -0.4 is 10.6 Å². The highest BCUT2D eigenvalue weighted by Gasteiger charge is 2.30. The van der Waals surface area contributed by atoms with E-state index in [4.69, 9.17) is 0 Å². The molecule has 0 saturated carbocycles. The molecule has 0 saturated heterocycles. The number of amides is 2. The molecule has 0 bridgehead atoms. The zero-order valence-corrected chi connectivity index (χ0v) is 11.1. The quantitative estimate of drug-likeness (QED) is 0.877. The van der Waals surface area contributed by atoms with Gasteiger partial charge in [-0.15, -0.1) is 0 Å². The van der Waals surface area contributed by atoms with Gasteiger partial charge in [0.15, 0.2) is 0 Å². The van der Waals surface area contributed by atoms with Crippen LogP contribution in [-0.2, 0) is 6.18 Å². The van der Waals surface area contributed by atoms with Crippen molar-refractivity contribution in [3.05, 3.63) is 41.6 Å². The SMILES string of the molecule is Cc1cc(NC(=O)Nc2cccc(C(F)(F)F)c2)sn1. The van der Waals surface area contributed by atoms with E-state index < -0.39 is 17.8 Å². The number of hydrogen-bond donors (Lipinski definition) is 2. The fourth-order valence-corrected chi connectivity index (χ4v) is 2.13. The molecule has 2 rings (SSSR count). The highest BCUT2D eigenvalue weighted by Crippen LogP contribution is 2.30. The smallest absolute Gasteiger partial charge is 0.308 e. The van der Waals surface area contributed by atoms with Crippen molar-refractivity contribution in [3.63, 3.8) is 0 Å². The normalized spacial score (nSPS) is 11.2. The van der Waals surface area contributed by atoms with E-state index in [2.05, 4.69) is 15.0 Å². The Morgan fingerprint density at radius 1 is 1.25 bits per heavy atom. The number of halogens is 3. The van der Waals surface area contributed by atoms with Crippen molar-refractivity contribution in [3.8, 4) is 0 Å². The molecule has 1 heterocycles. The van der Waals surface area contributed by atoms with E-state index in [1.54, 1.807) is 13.0 Å². The van der Waals surface area contributed by atoms with Crippen LogP contribution in [-0.4, -0.2) is 10.4 Å². The van der Waals surface area contributed by atoms with Gasteiger partial charge in [0, 0.05) is 5.69 Å². The van der Waals surface area contributed by atoms with Gasteiger partial charge in [-0.1, -0.05) is 6.07 Å². The number of aryl methyl sites for hydroxylation is 1. The van der Waals surface area contributed by atoms with Crippen molar-refractivity contribution in [2.75, 3.05) is 10.6 Å². The molecule has 106 valence electrons. The van der Waals surface area contributed by atoms with Crippen LogP contribution in [0, 0.1) is 6.92 Å². The summed E-state index contributed by atoms with van der Waals surface area (Å²) in [5.41, 5.74) is 0.00636.